The molecule has 1 N–H and O–H groups in total. The summed E-state index contributed by atoms with van der Waals surface area (Å²) in [5.74, 6) is -4.86. The Bertz CT molecular complexity index is 648. The largest absolute Gasteiger partial charge is 0.455 e. The van der Waals surface area contributed by atoms with Gasteiger partial charge in [-0.25, -0.2) is 0 Å². The van der Waals surface area contributed by atoms with Gasteiger partial charge in [-0.2, -0.15) is 22.0 Å². The fourth-order valence-electron chi connectivity index (χ4n) is 2.46. The zero-order chi connectivity index (χ0) is 15.8. The van der Waals surface area contributed by atoms with E-state index in [4.69, 9.17) is 0 Å². The molecule has 1 nitrogen and oxygen atoms in total. The summed E-state index contributed by atoms with van der Waals surface area (Å²) in [4.78, 5) is 0. The lowest BCUT2D eigenvalue weighted by Crippen LogP contribution is -2.47. The van der Waals surface area contributed by atoms with Crippen molar-refractivity contribution in [2.24, 2.45) is 0 Å². The van der Waals surface area contributed by atoms with Gasteiger partial charge in [-0.05, 0) is 35.9 Å². The first-order valence-corrected chi connectivity index (χ1v) is 6.30. The second kappa shape index (κ2) is 5.26. The maximum atomic E-state index is 13.8. The van der Waals surface area contributed by atoms with Gasteiger partial charge in [0.2, 0.25) is 0 Å². The third-order valence-electron chi connectivity index (χ3n) is 3.51. The van der Waals surface area contributed by atoms with Gasteiger partial charge < -0.3 is 5.32 Å². The molecular formula is C15H14F5N. The van der Waals surface area contributed by atoms with E-state index in [2.05, 4.69) is 5.32 Å². The Balaban J connectivity index is 2.71. The van der Waals surface area contributed by atoms with Crippen LogP contribution in [0.5, 0.6) is 0 Å². The highest BCUT2D eigenvalue weighted by atomic mass is 19.4. The van der Waals surface area contributed by atoms with E-state index in [-0.39, 0.29) is 5.56 Å². The van der Waals surface area contributed by atoms with Crippen molar-refractivity contribution in [1.82, 2.24) is 5.32 Å². The van der Waals surface area contributed by atoms with Gasteiger partial charge in [0.05, 0.1) is 0 Å². The minimum absolute atomic E-state index is 0.0297. The summed E-state index contributed by atoms with van der Waals surface area (Å²) in [6.45, 7) is 1.53. The van der Waals surface area contributed by atoms with E-state index in [1.807, 2.05) is 0 Å². The van der Waals surface area contributed by atoms with Crippen LogP contribution in [0, 0.1) is 6.92 Å². The second-order valence-electron chi connectivity index (χ2n) is 4.86. The van der Waals surface area contributed by atoms with Crippen LogP contribution >= 0.6 is 0 Å². The van der Waals surface area contributed by atoms with Crippen LogP contribution in [0.3, 0.4) is 0 Å². The van der Waals surface area contributed by atoms with Crippen LogP contribution < -0.4 is 5.32 Å². The number of fused-ring (bicyclic) bond motifs is 1. The Kier molecular flexibility index (Phi) is 3.93. The molecular weight excluding hydrogens is 289 g/mol. The van der Waals surface area contributed by atoms with E-state index in [9.17, 15) is 22.0 Å². The van der Waals surface area contributed by atoms with Crippen LogP contribution in [0.1, 0.15) is 17.2 Å². The number of rotatable bonds is 3. The fourth-order valence-corrected chi connectivity index (χ4v) is 2.46. The second-order valence-corrected chi connectivity index (χ2v) is 4.86. The number of aryl methyl sites for hydroxylation is 1. The summed E-state index contributed by atoms with van der Waals surface area (Å²) >= 11 is 0. The van der Waals surface area contributed by atoms with E-state index in [0.717, 1.165) is 7.05 Å². The van der Waals surface area contributed by atoms with Gasteiger partial charge in [-0.3, -0.25) is 0 Å². The molecule has 0 amide bonds. The number of alkyl halides is 5. The Morgan fingerprint density at radius 1 is 0.952 bits per heavy atom. The molecule has 0 aliphatic rings. The molecule has 0 spiro atoms. The molecule has 0 radical (unpaired) electrons. The van der Waals surface area contributed by atoms with Crippen molar-refractivity contribution in [3.05, 3.63) is 47.5 Å². The number of nitrogens with one attached hydrogen (secondary N) is 1. The summed E-state index contributed by atoms with van der Waals surface area (Å²) in [6, 6.07) is 7.66. The highest BCUT2D eigenvalue weighted by molar-refractivity contribution is 5.87. The van der Waals surface area contributed by atoms with Crippen LogP contribution in [0.2, 0.25) is 0 Å². The summed E-state index contributed by atoms with van der Waals surface area (Å²) < 4.78 is 65.7. The molecule has 0 heterocycles. The molecule has 1 atom stereocenters. The van der Waals surface area contributed by atoms with Gasteiger partial charge >= 0.3 is 12.1 Å². The third kappa shape index (κ3) is 2.60. The van der Waals surface area contributed by atoms with Gasteiger partial charge in [0, 0.05) is 0 Å². The Morgan fingerprint density at radius 2 is 1.57 bits per heavy atom. The predicted molar refractivity (Wildman–Crippen MR) is 71.5 cm³/mol. The number of hydrogen-bond donors (Lipinski definition) is 1. The lowest BCUT2D eigenvalue weighted by Gasteiger charge is -2.30. The SMILES string of the molecule is CNC(c1c(C)ccc2ccccc12)C(F)(F)C(F)(F)F. The minimum Gasteiger partial charge on any atom is -0.308 e. The molecule has 2 aromatic rings. The highest BCUT2D eigenvalue weighted by Crippen LogP contribution is 2.46. The van der Waals surface area contributed by atoms with Crippen molar-refractivity contribution >= 4 is 10.8 Å². The molecule has 0 aromatic heterocycles. The van der Waals surface area contributed by atoms with Crippen molar-refractivity contribution in [3.8, 4) is 0 Å². The Labute approximate surface area is 118 Å². The molecule has 0 saturated heterocycles. The molecule has 1 unspecified atom stereocenters. The average Bonchev–Trinajstić information content (AvgIpc) is 2.40. The smallest absolute Gasteiger partial charge is 0.308 e. The first-order valence-electron chi connectivity index (χ1n) is 6.30. The van der Waals surface area contributed by atoms with Crippen molar-refractivity contribution in [2.45, 2.75) is 25.1 Å². The number of hydrogen-bond acceptors (Lipinski definition) is 1. The van der Waals surface area contributed by atoms with Crippen LogP contribution in [-0.2, 0) is 0 Å². The molecule has 6 heteroatoms. The molecule has 2 rings (SSSR count). The van der Waals surface area contributed by atoms with Gasteiger partial charge in [0.1, 0.15) is 6.04 Å². The third-order valence-corrected chi connectivity index (χ3v) is 3.51. The van der Waals surface area contributed by atoms with Gasteiger partial charge in [-0.15, -0.1) is 0 Å². The topological polar surface area (TPSA) is 12.0 Å². The summed E-state index contributed by atoms with van der Waals surface area (Å²) in [5.41, 5.74) is 0.356. The molecule has 0 aliphatic heterocycles. The summed E-state index contributed by atoms with van der Waals surface area (Å²) in [5, 5.41) is 3.14. The molecule has 0 aliphatic carbocycles. The molecule has 114 valence electrons. The lowest BCUT2D eigenvalue weighted by molar-refractivity contribution is -0.293. The van der Waals surface area contributed by atoms with Gasteiger partial charge in [0.15, 0.2) is 0 Å². The van der Waals surface area contributed by atoms with Crippen molar-refractivity contribution in [3.63, 3.8) is 0 Å². The quantitative estimate of drug-likeness (QED) is 0.817. The summed E-state index contributed by atoms with van der Waals surface area (Å²) in [7, 11) is 1.10. The highest BCUT2D eigenvalue weighted by Gasteiger charge is 2.62. The van der Waals surface area contributed by atoms with Gasteiger partial charge in [-0.1, -0.05) is 36.4 Å². The normalized spacial score (nSPS) is 14.4. The average molecular weight is 303 g/mol. The van der Waals surface area contributed by atoms with Gasteiger partial charge in [0.25, 0.3) is 0 Å². The van der Waals surface area contributed by atoms with Crippen LogP contribution in [0.25, 0.3) is 10.8 Å². The van der Waals surface area contributed by atoms with E-state index in [0.29, 0.717) is 16.3 Å². The minimum atomic E-state index is -5.62. The van der Waals surface area contributed by atoms with Crippen LogP contribution in [0.15, 0.2) is 36.4 Å². The standard InChI is InChI=1S/C15H14F5N/c1-9-7-8-10-5-3-4-6-11(10)12(9)13(21-2)14(16,17)15(18,19)20/h3-8,13,21H,1-2H3. The lowest BCUT2D eigenvalue weighted by atomic mass is 9.90. The van der Waals surface area contributed by atoms with Crippen LogP contribution in [-0.4, -0.2) is 19.1 Å². The monoisotopic (exact) mass is 303 g/mol. The van der Waals surface area contributed by atoms with Crippen molar-refractivity contribution in [2.75, 3.05) is 7.05 Å². The number of halogens is 5. The van der Waals surface area contributed by atoms with E-state index in [1.54, 1.807) is 36.4 Å². The first-order chi connectivity index (χ1) is 9.70. The summed E-state index contributed by atoms with van der Waals surface area (Å²) in [6.07, 6.45) is -5.62. The fraction of sp³-hybridized carbons (Fsp3) is 0.333. The number of benzene rings is 2. The zero-order valence-corrected chi connectivity index (χ0v) is 11.4. The molecule has 0 fully saturated rings. The maximum Gasteiger partial charge on any atom is 0.455 e. The Hall–Kier alpha value is -1.69. The van der Waals surface area contributed by atoms with Crippen molar-refractivity contribution < 1.29 is 22.0 Å². The molecule has 21 heavy (non-hydrogen) atoms. The van der Waals surface area contributed by atoms with Crippen LogP contribution in [0.4, 0.5) is 22.0 Å². The predicted octanol–water partition coefficient (Wildman–Crippen LogP) is 4.61. The van der Waals surface area contributed by atoms with E-state index < -0.39 is 18.1 Å². The van der Waals surface area contributed by atoms with E-state index in [1.165, 1.54) is 6.92 Å². The maximum absolute atomic E-state index is 13.8. The first kappa shape index (κ1) is 15.7. The molecule has 0 bridgehead atoms. The van der Waals surface area contributed by atoms with Crippen molar-refractivity contribution in [1.29, 1.82) is 0 Å². The molecule has 0 saturated carbocycles. The Morgan fingerprint density at radius 3 is 2.14 bits per heavy atom. The van der Waals surface area contributed by atoms with E-state index >= 15 is 0 Å². The molecule has 2 aromatic carbocycles. The zero-order valence-electron chi connectivity index (χ0n) is 11.4.